The first kappa shape index (κ1) is 20.5. The zero-order valence-corrected chi connectivity index (χ0v) is 16.7. The molecule has 0 aliphatic heterocycles. The van der Waals surface area contributed by atoms with Crippen LogP contribution in [0.4, 0.5) is 16.2 Å². The first-order valence-electron chi connectivity index (χ1n) is 8.83. The van der Waals surface area contributed by atoms with Gasteiger partial charge in [0.15, 0.2) is 5.76 Å². The van der Waals surface area contributed by atoms with Gasteiger partial charge in [-0.2, -0.15) is 0 Å². The summed E-state index contributed by atoms with van der Waals surface area (Å²) in [7, 11) is 3.81. The molecule has 3 amide bonds. The number of amides is 3. The van der Waals surface area contributed by atoms with E-state index in [1.807, 2.05) is 25.1 Å². The highest BCUT2D eigenvalue weighted by molar-refractivity contribution is 6.34. The van der Waals surface area contributed by atoms with E-state index in [0.717, 1.165) is 5.76 Å². The van der Waals surface area contributed by atoms with Crippen molar-refractivity contribution in [1.29, 1.82) is 0 Å². The molecule has 0 fully saturated rings. The second-order valence-electron chi connectivity index (χ2n) is 6.46. The maximum absolute atomic E-state index is 12.2. The molecule has 29 heavy (non-hydrogen) atoms. The van der Waals surface area contributed by atoms with Gasteiger partial charge in [0.2, 0.25) is 0 Å². The van der Waals surface area contributed by atoms with Gasteiger partial charge in [-0.15, -0.1) is 0 Å². The van der Waals surface area contributed by atoms with Crippen molar-refractivity contribution in [1.82, 2.24) is 10.2 Å². The Labute approximate surface area is 172 Å². The van der Waals surface area contributed by atoms with Crippen LogP contribution in [0.25, 0.3) is 0 Å². The fourth-order valence-corrected chi connectivity index (χ4v) is 2.90. The van der Waals surface area contributed by atoms with Gasteiger partial charge >= 0.3 is 6.03 Å². The lowest BCUT2D eigenvalue weighted by Gasteiger charge is -2.22. The molecule has 2 heterocycles. The molecular formula is C20H21ClN4O4. The number of hydrogen-bond acceptors (Lipinski definition) is 5. The summed E-state index contributed by atoms with van der Waals surface area (Å²) < 4.78 is 10.5. The lowest BCUT2D eigenvalue weighted by molar-refractivity contribution is 0.0996. The van der Waals surface area contributed by atoms with Crippen LogP contribution in [-0.2, 0) is 0 Å². The Morgan fingerprint density at radius 1 is 1.07 bits per heavy atom. The largest absolute Gasteiger partial charge is 0.468 e. The molecule has 1 aromatic carbocycles. The summed E-state index contributed by atoms with van der Waals surface area (Å²) in [5.74, 6) is 0.521. The Balaban J connectivity index is 1.56. The molecule has 0 saturated heterocycles. The quantitative estimate of drug-likeness (QED) is 0.536. The summed E-state index contributed by atoms with van der Waals surface area (Å²) in [6.07, 6.45) is 3.01. The molecule has 1 unspecified atom stereocenters. The highest BCUT2D eigenvalue weighted by Gasteiger charge is 2.18. The number of benzene rings is 1. The van der Waals surface area contributed by atoms with Crippen LogP contribution in [0.2, 0.25) is 5.02 Å². The lowest BCUT2D eigenvalue weighted by Crippen LogP contribution is -2.36. The molecule has 3 aromatic rings. The molecule has 0 radical (unpaired) electrons. The summed E-state index contributed by atoms with van der Waals surface area (Å²) in [5, 5.41) is 8.46. The van der Waals surface area contributed by atoms with Gasteiger partial charge in [-0.3, -0.25) is 9.69 Å². The fraction of sp³-hybridized carbons (Fsp3) is 0.200. The second kappa shape index (κ2) is 9.31. The molecule has 0 bridgehead atoms. The molecule has 2 aromatic heterocycles. The van der Waals surface area contributed by atoms with E-state index in [2.05, 4.69) is 16.0 Å². The van der Waals surface area contributed by atoms with Gasteiger partial charge < -0.3 is 24.8 Å². The number of carbonyl (C=O) groups excluding carboxylic acids is 2. The molecule has 152 valence electrons. The Morgan fingerprint density at radius 3 is 2.45 bits per heavy atom. The lowest BCUT2D eigenvalue weighted by atomic mass is 10.2. The van der Waals surface area contributed by atoms with Crippen molar-refractivity contribution in [2.45, 2.75) is 6.04 Å². The Morgan fingerprint density at radius 2 is 1.83 bits per heavy atom. The minimum atomic E-state index is -0.414. The third-order valence-electron chi connectivity index (χ3n) is 4.17. The van der Waals surface area contributed by atoms with E-state index in [4.69, 9.17) is 20.4 Å². The summed E-state index contributed by atoms with van der Waals surface area (Å²) in [4.78, 5) is 26.2. The Hall–Kier alpha value is -3.23. The second-order valence-corrected chi connectivity index (χ2v) is 6.86. The normalized spacial score (nSPS) is 11.9. The third kappa shape index (κ3) is 5.40. The Kier molecular flexibility index (Phi) is 6.58. The van der Waals surface area contributed by atoms with Crippen LogP contribution >= 0.6 is 11.6 Å². The van der Waals surface area contributed by atoms with E-state index in [0.29, 0.717) is 17.9 Å². The van der Waals surface area contributed by atoms with Crippen molar-refractivity contribution in [2.75, 3.05) is 31.3 Å². The van der Waals surface area contributed by atoms with Gasteiger partial charge in [0.05, 0.1) is 29.3 Å². The number of hydrogen-bond donors (Lipinski definition) is 3. The number of furan rings is 2. The SMILES string of the molecule is CN(C)C(CNC(=O)Nc1ccc(NC(=O)c2ccco2)c(Cl)c1)c1ccco1. The van der Waals surface area contributed by atoms with Gasteiger partial charge in [0.1, 0.15) is 5.76 Å². The smallest absolute Gasteiger partial charge is 0.319 e. The van der Waals surface area contributed by atoms with Gasteiger partial charge in [-0.1, -0.05) is 11.6 Å². The van der Waals surface area contributed by atoms with Crippen molar-refractivity contribution in [3.8, 4) is 0 Å². The van der Waals surface area contributed by atoms with Crippen molar-refractivity contribution in [3.63, 3.8) is 0 Å². The molecule has 9 heteroatoms. The number of urea groups is 1. The molecule has 0 spiro atoms. The standard InChI is InChI=1S/C20H21ClN4O4/c1-25(2)16(17-5-3-9-28-17)12-22-20(27)23-13-7-8-15(14(21)11-13)24-19(26)18-6-4-10-29-18/h3-11,16H,12H2,1-2H3,(H,24,26)(H2,22,23,27). The van der Waals surface area contributed by atoms with Crippen LogP contribution < -0.4 is 16.0 Å². The van der Waals surface area contributed by atoms with Crippen molar-refractivity contribution in [2.24, 2.45) is 0 Å². The number of likely N-dealkylation sites (N-methyl/N-ethyl adjacent to an activating group) is 1. The number of nitrogens with one attached hydrogen (secondary N) is 3. The number of nitrogens with zero attached hydrogens (tertiary/aromatic N) is 1. The number of anilines is 2. The maximum Gasteiger partial charge on any atom is 0.319 e. The summed E-state index contributed by atoms with van der Waals surface area (Å²) in [6.45, 7) is 0.358. The van der Waals surface area contributed by atoms with Gasteiger partial charge in [-0.25, -0.2) is 4.79 Å². The zero-order chi connectivity index (χ0) is 20.8. The first-order valence-corrected chi connectivity index (χ1v) is 9.21. The number of rotatable bonds is 7. The molecular weight excluding hydrogens is 396 g/mol. The fourth-order valence-electron chi connectivity index (χ4n) is 2.67. The van der Waals surface area contributed by atoms with Gasteiger partial charge in [0.25, 0.3) is 5.91 Å². The zero-order valence-electron chi connectivity index (χ0n) is 15.9. The summed E-state index contributed by atoms with van der Waals surface area (Å²) in [6, 6.07) is 11.1. The third-order valence-corrected chi connectivity index (χ3v) is 4.48. The van der Waals surface area contributed by atoms with E-state index in [9.17, 15) is 9.59 Å². The van der Waals surface area contributed by atoms with Gasteiger partial charge in [-0.05, 0) is 56.6 Å². The predicted octanol–water partition coefficient (Wildman–Crippen LogP) is 4.20. The minimum absolute atomic E-state index is 0.0986. The van der Waals surface area contributed by atoms with Crippen molar-refractivity contribution >= 4 is 34.9 Å². The summed E-state index contributed by atoms with van der Waals surface area (Å²) in [5.41, 5.74) is 0.896. The van der Waals surface area contributed by atoms with Crippen LogP contribution in [0.5, 0.6) is 0 Å². The summed E-state index contributed by atoms with van der Waals surface area (Å²) >= 11 is 6.22. The molecule has 0 aliphatic rings. The molecule has 1 atom stereocenters. The average Bonchev–Trinajstić information content (AvgIpc) is 3.37. The first-order chi connectivity index (χ1) is 13.9. The average molecular weight is 417 g/mol. The van der Waals surface area contributed by atoms with Crippen molar-refractivity contribution in [3.05, 3.63) is 71.5 Å². The molecule has 0 aliphatic carbocycles. The number of carbonyl (C=O) groups is 2. The van der Waals surface area contributed by atoms with Crippen LogP contribution in [0.1, 0.15) is 22.4 Å². The minimum Gasteiger partial charge on any atom is -0.468 e. The van der Waals surface area contributed by atoms with Gasteiger partial charge in [0, 0.05) is 12.2 Å². The monoisotopic (exact) mass is 416 g/mol. The van der Waals surface area contributed by atoms with E-state index >= 15 is 0 Å². The van der Waals surface area contributed by atoms with Crippen molar-refractivity contribution < 1.29 is 18.4 Å². The van der Waals surface area contributed by atoms with Crippen LogP contribution in [0.15, 0.2) is 63.8 Å². The van der Waals surface area contributed by atoms with E-state index in [1.165, 1.54) is 6.26 Å². The molecule has 8 nitrogen and oxygen atoms in total. The highest BCUT2D eigenvalue weighted by Crippen LogP contribution is 2.26. The van der Waals surface area contributed by atoms with E-state index in [1.54, 1.807) is 42.7 Å². The van der Waals surface area contributed by atoms with Crippen LogP contribution in [-0.4, -0.2) is 37.5 Å². The maximum atomic E-state index is 12.2. The predicted molar refractivity (Wildman–Crippen MR) is 110 cm³/mol. The topological polar surface area (TPSA) is 99.8 Å². The van der Waals surface area contributed by atoms with E-state index in [-0.39, 0.29) is 22.9 Å². The number of halogens is 1. The highest BCUT2D eigenvalue weighted by atomic mass is 35.5. The molecule has 3 rings (SSSR count). The molecule has 3 N–H and O–H groups in total. The van der Waals surface area contributed by atoms with Crippen LogP contribution in [0.3, 0.4) is 0 Å². The van der Waals surface area contributed by atoms with Crippen LogP contribution in [0, 0.1) is 0 Å². The Bertz CT molecular complexity index is 955. The molecule has 0 saturated carbocycles. The van der Waals surface area contributed by atoms with E-state index < -0.39 is 5.91 Å².